The highest BCUT2D eigenvalue weighted by Gasteiger charge is 2.39. The first kappa shape index (κ1) is 6.26. The Morgan fingerprint density at radius 1 is 1.20 bits per heavy atom. The summed E-state index contributed by atoms with van der Waals surface area (Å²) in [6.45, 7) is 3.90. The van der Waals surface area contributed by atoms with Crippen LogP contribution in [-0.4, -0.2) is 5.54 Å². The van der Waals surface area contributed by atoms with E-state index in [9.17, 15) is 0 Å². The molecular formula is C9H15N. The molecule has 10 heavy (non-hydrogen) atoms. The van der Waals surface area contributed by atoms with E-state index in [4.69, 9.17) is 0 Å². The fourth-order valence-corrected chi connectivity index (χ4v) is 2.30. The van der Waals surface area contributed by atoms with Crippen LogP contribution in [0.5, 0.6) is 0 Å². The van der Waals surface area contributed by atoms with E-state index in [1.54, 1.807) is 0 Å². The Morgan fingerprint density at radius 3 is 2.30 bits per heavy atom. The molecule has 1 saturated carbocycles. The summed E-state index contributed by atoms with van der Waals surface area (Å²) in [5.74, 6) is 0. The molecule has 1 aliphatic heterocycles. The van der Waals surface area contributed by atoms with Crippen LogP contribution in [0.1, 0.15) is 38.5 Å². The minimum absolute atomic E-state index is 0.523. The third-order valence-corrected chi connectivity index (χ3v) is 2.80. The van der Waals surface area contributed by atoms with E-state index in [2.05, 4.69) is 11.9 Å². The standard InChI is InChI=1S/C9H15N/c1-8-7-9(10-8)5-3-2-4-6-9/h10H,1-7H2. The first-order chi connectivity index (χ1) is 4.81. The van der Waals surface area contributed by atoms with Gasteiger partial charge in [-0.05, 0) is 12.8 Å². The van der Waals surface area contributed by atoms with Gasteiger partial charge in [0, 0.05) is 17.7 Å². The van der Waals surface area contributed by atoms with Crippen LogP contribution in [0, 0.1) is 0 Å². The Hall–Kier alpha value is -0.460. The van der Waals surface area contributed by atoms with Crippen LogP contribution in [0.25, 0.3) is 0 Å². The van der Waals surface area contributed by atoms with E-state index in [1.807, 2.05) is 0 Å². The molecule has 0 aromatic rings. The average molecular weight is 137 g/mol. The zero-order valence-electron chi connectivity index (χ0n) is 6.45. The Kier molecular flexibility index (Phi) is 1.26. The molecule has 1 aliphatic carbocycles. The Balaban J connectivity index is 1.96. The molecule has 1 heteroatoms. The SMILES string of the molecule is C=C1CC2(CCCCC2)N1. The summed E-state index contributed by atoms with van der Waals surface area (Å²) in [6.07, 6.45) is 8.28. The molecule has 0 bridgehead atoms. The van der Waals surface area contributed by atoms with Crippen molar-refractivity contribution >= 4 is 0 Å². The van der Waals surface area contributed by atoms with Crippen molar-refractivity contribution < 1.29 is 0 Å². The second-order valence-electron chi connectivity index (χ2n) is 3.75. The minimum atomic E-state index is 0.523. The molecule has 0 radical (unpaired) electrons. The molecule has 0 unspecified atom stereocenters. The number of hydrogen-bond donors (Lipinski definition) is 1. The van der Waals surface area contributed by atoms with Crippen molar-refractivity contribution in [3.63, 3.8) is 0 Å². The smallest absolute Gasteiger partial charge is 0.0424 e. The molecule has 1 N–H and O–H groups in total. The van der Waals surface area contributed by atoms with Crippen LogP contribution in [0.2, 0.25) is 0 Å². The third-order valence-electron chi connectivity index (χ3n) is 2.80. The van der Waals surface area contributed by atoms with Crippen molar-refractivity contribution in [3.8, 4) is 0 Å². The van der Waals surface area contributed by atoms with Crippen molar-refractivity contribution in [2.75, 3.05) is 0 Å². The van der Waals surface area contributed by atoms with Crippen molar-refractivity contribution in [2.45, 2.75) is 44.1 Å². The van der Waals surface area contributed by atoms with Crippen molar-refractivity contribution in [3.05, 3.63) is 12.3 Å². The van der Waals surface area contributed by atoms with Gasteiger partial charge in [0.05, 0.1) is 0 Å². The minimum Gasteiger partial charge on any atom is -0.383 e. The van der Waals surface area contributed by atoms with Gasteiger partial charge in [-0.25, -0.2) is 0 Å². The maximum absolute atomic E-state index is 3.90. The van der Waals surface area contributed by atoms with Gasteiger partial charge in [-0.3, -0.25) is 0 Å². The van der Waals surface area contributed by atoms with Gasteiger partial charge in [-0.1, -0.05) is 25.8 Å². The van der Waals surface area contributed by atoms with Crippen LogP contribution in [0.4, 0.5) is 0 Å². The van der Waals surface area contributed by atoms with Gasteiger partial charge >= 0.3 is 0 Å². The highest BCUT2D eigenvalue weighted by atomic mass is 15.1. The van der Waals surface area contributed by atoms with Crippen LogP contribution in [0.15, 0.2) is 12.3 Å². The van der Waals surface area contributed by atoms with Crippen LogP contribution in [0.3, 0.4) is 0 Å². The quantitative estimate of drug-likeness (QED) is 0.539. The molecule has 56 valence electrons. The molecule has 2 aliphatic rings. The highest BCUT2D eigenvalue weighted by molar-refractivity contribution is 5.17. The monoisotopic (exact) mass is 137 g/mol. The lowest BCUT2D eigenvalue weighted by Gasteiger charge is -2.48. The fraction of sp³-hybridized carbons (Fsp3) is 0.778. The van der Waals surface area contributed by atoms with Crippen LogP contribution in [-0.2, 0) is 0 Å². The third kappa shape index (κ3) is 0.845. The summed E-state index contributed by atoms with van der Waals surface area (Å²) in [5.41, 5.74) is 1.77. The summed E-state index contributed by atoms with van der Waals surface area (Å²) in [4.78, 5) is 0. The predicted octanol–water partition coefficient (Wildman–Crippen LogP) is 2.20. The van der Waals surface area contributed by atoms with E-state index in [-0.39, 0.29) is 0 Å². The van der Waals surface area contributed by atoms with Crippen LogP contribution >= 0.6 is 0 Å². The number of hydrogen-bond acceptors (Lipinski definition) is 1. The normalized spacial score (nSPS) is 29.4. The Bertz CT molecular complexity index is 144. The topological polar surface area (TPSA) is 12.0 Å². The molecule has 0 aromatic carbocycles. The maximum Gasteiger partial charge on any atom is 0.0424 e. The summed E-state index contributed by atoms with van der Waals surface area (Å²) < 4.78 is 0. The molecule has 0 atom stereocenters. The first-order valence-corrected chi connectivity index (χ1v) is 4.27. The predicted molar refractivity (Wildman–Crippen MR) is 42.7 cm³/mol. The number of nitrogens with one attached hydrogen (secondary N) is 1. The van der Waals surface area contributed by atoms with E-state index >= 15 is 0 Å². The van der Waals surface area contributed by atoms with Crippen molar-refractivity contribution in [1.82, 2.24) is 5.32 Å². The molecule has 0 amide bonds. The van der Waals surface area contributed by atoms with Gasteiger partial charge in [0.15, 0.2) is 0 Å². The molecule has 1 saturated heterocycles. The summed E-state index contributed by atoms with van der Waals surface area (Å²) >= 11 is 0. The van der Waals surface area contributed by atoms with Gasteiger partial charge in [0.25, 0.3) is 0 Å². The summed E-state index contributed by atoms with van der Waals surface area (Å²) in [5, 5.41) is 3.46. The lowest BCUT2D eigenvalue weighted by atomic mass is 9.73. The van der Waals surface area contributed by atoms with Gasteiger partial charge < -0.3 is 5.32 Å². The Morgan fingerprint density at radius 2 is 1.80 bits per heavy atom. The van der Waals surface area contributed by atoms with E-state index in [0.29, 0.717) is 5.54 Å². The van der Waals surface area contributed by atoms with Gasteiger partial charge in [-0.15, -0.1) is 0 Å². The zero-order valence-corrected chi connectivity index (χ0v) is 6.45. The van der Waals surface area contributed by atoms with Gasteiger partial charge in [-0.2, -0.15) is 0 Å². The van der Waals surface area contributed by atoms with Gasteiger partial charge in [0.2, 0.25) is 0 Å². The summed E-state index contributed by atoms with van der Waals surface area (Å²) in [6, 6.07) is 0. The second-order valence-corrected chi connectivity index (χ2v) is 3.75. The van der Waals surface area contributed by atoms with E-state index in [1.165, 1.54) is 44.2 Å². The lowest BCUT2D eigenvalue weighted by molar-refractivity contribution is 0.185. The Labute approximate surface area is 62.5 Å². The van der Waals surface area contributed by atoms with Gasteiger partial charge in [0.1, 0.15) is 0 Å². The molecule has 1 nitrogen and oxygen atoms in total. The average Bonchev–Trinajstić information content (AvgIpc) is 1.87. The largest absolute Gasteiger partial charge is 0.383 e. The zero-order chi connectivity index (χ0) is 7.03. The van der Waals surface area contributed by atoms with Crippen LogP contribution < -0.4 is 5.32 Å². The second kappa shape index (κ2) is 2.01. The molecule has 2 rings (SSSR count). The molecule has 1 heterocycles. The molecule has 0 aromatic heterocycles. The fourth-order valence-electron chi connectivity index (χ4n) is 2.30. The summed E-state index contributed by atoms with van der Waals surface area (Å²) in [7, 11) is 0. The molecule has 2 fully saturated rings. The first-order valence-electron chi connectivity index (χ1n) is 4.27. The van der Waals surface area contributed by atoms with Crippen molar-refractivity contribution in [2.24, 2.45) is 0 Å². The lowest BCUT2D eigenvalue weighted by Crippen LogP contribution is -2.55. The molecule has 1 spiro atoms. The highest BCUT2D eigenvalue weighted by Crippen LogP contribution is 2.39. The van der Waals surface area contributed by atoms with Crippen molar-refractivity contribution in [1.29, 1.82) is 0 Å². The molecular weight excluding hydrogens is 122 g/mol. The number of rotatable bonds is 0. The van der Waals surface area contributed by atoms with E-state index in [0.717, 1.165) is 0 Å². The maximum atomic E-state index is 3.90. The van der Waals surface area contributed by atoms with E-state index < -0.39 is 0 Å².